The first-order chi connectivity index (χ1) is 6.31. The Morgan fingerprint density at radius 1 is 1.46 bits per heavy atom. The summed E-state index contributed by atoms with van der Waals surface area (Å²) < 4.78 is 0. The van der Waals surface area contributed by atoms with Crippen molar-refractivity contribution < 1.29 is 0 Å². The molecule has 1 aliphatic rings. The summed E-state index contributed by atoms with van der Waals surface area (Å²) in [7, 11) is 0. The summed E-state index contributed by atoms with van der Waals surface area (Å²) in [6, 6.07) is 2.61. The van der Waals surface area contributed by atoms with Crippen molar-refractivity contribution in [2.75, 3.05) is 0 Å². The van der Waals surface area contributed by atoms with Gasteiger partial charge >= 0.3 is 0 Å². The van der Waals surface area contributed by atoms with Gasteiger partial charge in [0.15, 0.2) is 0 Å². The number of aryl methyl sites for hydroxylation is 2. The largest absolute Gasteiger partial charge is 0.323 e. The van der Waals surface area contributed by atoms with Gasteiger partial charge < -0.3 is 5.73 Å². The molecule has 13 heavy (non-hydrogen) atoms. The highest BCUT2D eigenvalue weighted by Gasteiger charge is 2.15. The van der Waals surface area contributed by atoms with E-state index in [1.165, 1.54) is 30.6 Å². The zero-order valence-corrected chi connectivity index (χ0v) is 8.99. The SMILES string of the molecule is CCC(N)c1cc2c(s1)CCCC2. The van der Waals surface area contributed by atoms with Gasteiger partial charge in [-0.25, -0.2) is 0 Å². The summed E-state index contributed by atoms with van der Waals surface area (Å²) in [5, 5.41) is 0. The van der Waals surface area contributed by atoms with Crippen LogP contribution in [0, 0.1) is 0 Å². The molecular formula is C11H17NS. The van der Waals surface area contributed by atoms with Gasteiger partial charge in [0, 0.05) is 15.8 Å². The van der Waals surface area contributed by atoms with Gasteiger partial charge in [0.25, 0.3) is 0 Å². The highest BCUT2D eigenvalue weighted by atomic mass is 32.1. The number of fused-ring (bicyclic) bond motifs is 1. The fourth-order valence-electron chi connectivity index (χ4n) is 1.90. The Kier molecular flexibility index (Phi) is 2.70. The van der Waals surface area contributed by atoms with Crippen molar-refractivity contribution in [2.24, 2.45) is 5.73 Å². The fraction of sp³-hybridized carbons (Fsp3) is 0.636. The van der Waals surface area contributed by atoms with Gasteiger partial charge in [-0.15, -0.1) is 11.3 Å². The zero-order valence-electron chi connectivity index (χ0n) is 8.18. The van der Waals surface area contributed by atoms with Gasteiger partial charge in [0.05, 0.1) is 0 Å². The molecule has 0 aromatic carbocycles. The Morgan fingerprint density at radius 3 is 2.92 bits per heavy atom. The second-order valence-electron chi connectivity index (χ2n) is 3.82. The molecule has 0 aliphatic heterocycles. The number of hydrogen-bond donors (Lipinski definition) is 1. The molecule has 0 bridgehead atoms. The van der Waals surface area contributed by atoms with Crippen LogP contribution in [0.3, 0.4) is 0 Å². The molecule has 2 rings (SSSR count). The molecule has 0 amide bonds. The minimum absolute atomic E-state index is 0.274. The van der Waals surface area contributed by atoms with Crippen LogP contribution in [0.25, 0.3) is 0 Å². The molecule has 1 aliphatic carbocycles. The molecule has 2 N–H and O–H groups in total. The van der Waals surface area contributed by atoms with Crippen molar-refractivity contribution in [3.63, 3.8) is 0 Å². The molecule has 1 aromatic heterocycles. The van der Waals surface area contributed by atoms with E-state index in [9.17, 15) is 0 Å². The van der Waals surface area contributed by atoms with Crippen LogP contribution < -0.4 is 5.73 Å². The maximum absolute atomic E-state index is 6.02. The quantitative estimate of drug-likeness (QED) is 0.771. The third-order valence-electron chi connectivity index (χ3n) is 2.82. The van der Waals surface area contributed by atoms with Gasteiger partial charge in [-0.2, -0.15) is 0 Å². The Labute approximate surface area is 84.0 Å². The summed E-state index contributed by atoms with van der Waals surface area (Å²) in [6.07, 6.45) is 6.36. The van der Waals surface area contributed by atoms with Crippen LogP contribution in [0.15, 0.2) is 6.07 Å². The lowest BCUT2D eigenvalue weighted by Gasteiger charge is -2.08. The summed E-state index contributed by atoms with van der Waals surface area (Å²) in [5.74, 6) is 0. The van der Waals surface area contributed by atoms with E-state index in [2.05, 4.69) is 13.0 Å². The molecule has 0 spiro atoms. The lowest BCUT2D eigenvalue weighted by Crippen LogP contribution is -2.06. The number of thiophene rings is 1. The van der Waals surface area contributed by atoms with Crippen molar-refractivity contribution in [1.82, 2.24) is 0 Å². The van der Waals surface area contributed by atoms with Crippen molar-refractivity contribution >= 4 is 11.3 Å². The van der Waals surface area contributed by atoms with Gasteiger partial charge in [-0.05, 0) is 43.7 Å². The number of rotatable bonds is 2. The van der Waals surface area contributed by atoms with Crippen LogP contribution in [0.1, 0.15) is 47.5 Å². The molecule has 1 unspecified atom stereocenters. The second-order valence-corrected chi connectivity index (χ2v) is 4.99. The topological polar surface area (TPSA) is 26.0 Å². The average Bonchev–Trinajstić information content (AvgIpc) is 2.59. The zero-order chi connectivity index (χ0) is 9.26. The fourth-order valence-corrected chi connectivity index (χ4v) is 3.24. The van der Waals surface area contributed by atoms with Gasteiger partial charge in [0.2, 0.25) is 0 Å². The first-order valence-corrected chi connectivity index (χ1v) is 6.00. The molecule has 0 saturated heterocycles. The smallest absolute Gasteiger partial charge is 0.0387 e. The minimum atomic E-state index is 0.274. The van der Waals surface area contributed by atoms with Crippen LogP contribution >= 0.6 is 11.3 Å². The predicted octanol–water partition coefficient (Wildman–Crippen LogP) is 3.04. The average molecular weight is 195 g/mol. The molecule has 1 aromatic rings. The first kappa shape index (κ1) is 9.22. The van der Waals surface area contributed by atoms with E-state index < -0.39 is 0 Å². The van der Waals surface area contributed by atoms with Gasteiger partial charge in [0.1, 0.15) is 0 Å². The Hall–Kier alpha value is -0.340. The van der Waals surface area contributed by atoms with Crippen LogP contribution in [0.2, 0.25) is 0 Å². The van der Waals surface area contributed by atoms with Crippen LogP contribution in [-0.2, 0) is 12.8 Å². The van der Waals surface area contributed by atoms with Crippen molar-refractivity contribution in [3.05, 3.63) is 21.4 Å². The van der Waals surface area contributed by atoms with E-state index in [0.29, 0.717) is 0 Å². The van der Waals surface area contributed by atoms with Crippen LogP contribution in [-0.4, -0.2) is 0 Å². The molecular weight excluding hydrogens is 178 g/mol. The molecule has 1 nitrogen and oxygen atoms in total. The Morgan fingerprint density at radius 2 is 2.23 bits per heavy atom. The predicted molar refractivity (Wildman–Crippen MR) is 58.2 cm³/mol. The summed E-state index contributed by atoms with van der Waals surface area (Å²) in [5.41, 5.74) is 7.60. The molecule has 1 atom stereocenters. The molecule has 72 valence electrons. The van der Waals surface area contributed by atoms with E-state index in [1.807, 2.05) is 11.3 Å². The van der Waals surface area contributed by atoms with E-state index >= 15 is 0 Å². The standard InChI is InChI=1S/C11H17NS/c1-2-9(12)11-7-8-5-3-4-6-10(8)13-11/h7,9H,2-6,12H2,1H3. The molecule has 2 heteroatoms. The van der Waals surface area contributed by atoms with Crippen molar-refractivity contribution in [3.8, 4) is 0 Å². The molecule has 0 saturated carbocycles. The maximum Gasteiger partial charge on any atom is 0.0387 e. The minimum Gasteiger partial charge on any atom is -0.323 e. The molecule has 0 fully saturated rings. The molecule has 0 radical (unpaired) electrons. The van der Waals surface area contributed by atoms with E-state index in [0.717, 1.165) is 6.42 Å². The van der Waals surface area contributed by atoms with E-state index in [1.54, 1.807) is 10.4 Å². The summed E-state index contributed by atoms with van der Waals surface area (Å²) in [6.45, 7) is 2.16. The third kappa shape index (κ3) is 1.79. The first-order valence-electron chi connectivity index (χ1n) is 5.18. The maximum atomic E-state index is 6.02. The lowest BCUT2D eigenvalue weighted by atomic mass is 9.99. The normalized spacial score (nSPS) is 18.3. The Balaban J connectivity index is 2.25. The van der Waals surface area contributed by atoms with E-state index in [-0.39, 0.29) is 6.04 Å². The second kappa shape index (κ2) is 3.81. The summed E-state index contributed by atoms with van der Waals surface area (Å²) in [4.78, 5) is 3.00. The number of hydrogen-bond acceptors (Lipinski definition) is 2. The van der Waals surface area contributed by atoms with Crippen molar-refractivity contribution in [2.45, 2.75) is 45.1 Å². The monoisotopic (exact) mass is 195 g/mol. The highest BCUT2D eigenvalue weighted by molar-refractivity contribution is 7.12. The molecule has 1 heterocycles. The van der Waals surface area contributed by atoms with Crippen molar-refractivity contribution in [1.29, 1.82) is 0 Å². The summed E-state index contributed by atoms with van der Waals surface area (Å²) >= 11 is 1.94. The highest BCUT2D eigenvalue weighted by Crippen LogP contribution is 2.32. The Bertz CT molecular complexity index is 267. The van der Waals surface area contributed by atoms with Crippen LogP contribution in [0.4, 0.5) is 0 Å². The van der Waals surface area contributed by atoms with Gasteiger partial charge in [-0.3, -0.25) is 0 Å². The number of nitrogens with two attached hydrogens (primary N) is 1. The van der Waals surface area contributed by atoms with Gasteiger partial charge in [-0.1, -0.05) is 6.92 Å². The van der Waals surface area contributed by atoms with Crippen LogP contribution in [0.5, 0.6) is 0 Å². The third-order valence-corrected chi connectivity index (χ3v) is 4.19. The van der Waals surface area contributed by atoms with E-state index in [4.69, 9.17) is 5.73 Å². The lowest BCUT2D eigenvalue weighted by molar-refractivity contribution is 0.693.